The smallest absolute Gasteiger partial charge is 0.180 e. The van der Waals surface area contributed by atoms with Gasteiger partial charge in [0.25, 0.3) is 0 Å². The SMILES string of the molecule is N#Cc1ccc(-c2nc(-c3ccc(-c4cccc5c4C4(CCCCC4)c4ccccc4-5)cc3)c3oc4ccccc4c3n2)cc1. The first kappa shape index (κ1) is 25.9. The Morgan fingerprint density at radius 3 is 2.13 bits per heavy atom. The van der Waals surface area contributed by atoms with E-state index in [0.29, 0.717) is 17.0 Å². The van der Waals surface area contributed by atoms with E-state index in [9.17, 15) is 5.26 Å². The molecule has 2 heterocycles. The number of benzene rings is 5. The van der Waals surface area contributed by atoms with Crippen molar-refractivity contribution in [2.75, 3.05) is 0 Å². The lowest BCUT2D eigenvalue weighted by Gasteiger charge is -2.37. The zero-order chi connectivity index (χ0) is 30.0. The van der Waals surface area contributed by atoms with Gasteiger partial charge in [-0.05, 0) is 82.6 Å². The molecule has 0 bridgehead atoms. The minimum atomic E-state index is 0.0858. The maximum Gasteiger partial charge on any atom is 0.180 e. The number of para-hydroxylation sites is 1. The third kappa shape index (κ3) is 3.90. The Bertz CT molecular complexity index is 2300. The van der Waals surface area contributed by atoms with E-state index < -0.39 is 0 Å². The molecule has 0 unspecified atom stereocenters. The molecule has 0 saturated heterocycles. The fraction of sp³-hybridized carbons (Fsp3) is 0.146. The van der Waals surface area contributed by atoms with Crippen molar-refractivity contribution in [3.05, 3.63) is 132 Å². The molecule has 45 heavy (non-hydrogen) atoms. The summed E-state index contributed by atoms with van der Waals surface area (Å²) in [6.45, 7) is 0. The van der Waals surface area contributed by atoms with Crippen LogP contribution >= 0.6 is 0 Å². The van der Waals surface area contributed by atoms with E-state index in [4.69, 9.17) is 14.4 Å². The Morgan fingerprint density at radius 1 is 0.622 bits per heavy atom. The summed E-state index contributed by atoms with van der Waals surface area (Å²) in [6, 6.07) is 42.3. The molecule has 0 atom stereocenters. The van der Waals surface area contributed by atoms with Gasteiger partial charge in [0.1, 0.15) is 16.8 Å². The van der Waals surface area contributed by atoms with E-state index in [2.05, 4.69) is 72.8 Å². The van der Waals surface area contributed by atoms with Gasteiger partial charge in [0, 0.05) is 21.9 Å². The quantitative estimate of drug-likeness (QED) is 0.209. The van der Waals surface area contributed by atoms with Crippen LogP contribution in [0.15, 0.2) is 120 Å². The van der Waals surface area contributed by atoms with E-state index in [0.717, 1.165) is 33.3 Å². The van der Waals surface area contributed by atoms with E-state index in [1.807, 2.05) is 36.4 Å². The van der Waals surface area contributed by atoms with Gasteiger partial charge in [0.05, 0.1) is 11.6 Å². The number of furan rings is 1. The van der Waals surface area contributed by atoms with Gasteiger partial charge in [-0.2, -0.15) is 5.26 Å². The van der Waals surface area contributed by atoms with Crippen LogP contribution in [0.2, 0.25) is 0 Å². The zero-order valence-corrected chi connectivity index (χ0v) is 24.8. The van der Waals surface area contributed by atoms with Gasteiger partial charge in [-0.3, -0.25) is 0 Å². The van der Waals surface area contributed by atoms with Crippen molar-refractivity contribution in [2.45, 2.75) is 37.5 Å². The molecule has 0 radical (unpaired) electrons. The van der Waals surface area contributed by atoms with Gasteiger partial charge in [0.15, 0.2) is 11.4 Å². The van der Waals surface area contributed by atoms with E-state index >= 15 is 0 Å². The molecule has 0 amide bonds. The Balaban J connectivity index is 1.20. The number of nitriles is 1. The summed E-state index contributed by atoms with van der Waals surface area (Å²) < 4.78 is 6.38. The highest BCUT2D eigenvalue weighted by atomic mass is 16.3. The average Bonchev–Trinajstić information content (AvgIpc) is 3.62. The van der Waals surface area contributed by atoms with Crippen LogP contribution in [0.5, 0.6) is 0 Å². The molecular formula is C41H29N3O. The van der Waals surface area contributed by atoms with Crippen molar-refractivity contribution in [3.63, 3.8) is 0 Å². The van der Waals surface area contributed by atoms with Gasteiger partial charge in [-0.15, -0.1) is 0 Å². The monoisotopic (exact) mass is 579 g/mol. The predicted molar refractivity (Wildman–Crippen MR) is 180 cm³/mol. The topological polar surface area (TPSA) is 62.7 Å². The predicted octanol–water partition coefficient (Wildman–Crippen LogP) is 10.5. The van der Waals surface area contributed by atoms with Crippen LogP contribution in [0, 0.1) is 11.3 Å². The third-order valence-electron chi connectivity index (χ3n) is 9.94. The van der Waals surface area contributed by atoms with E-state index in [1.165, 1.54) is 65.5 Å². The Kier molecular flexibility index (Phi) is 5.76. The zero-order valence-electron chi connectivity index (χ0n) is 24.8. The summed E-state index contributed by atoms with van der Waals surface area (Å²) in [5.41, 5.74) is 13.9. The highest BCUT2D eigenvalue weighted by molar-refractivity contribution is 6.07. The Labute approximate surface area is 261 Å². The van der Waals surface area contributed by atoms with Crippen LogP contribution in [0.3, 0.4) is 0 Å². The maximum absolute atomic E-state index is 9.30. The summed E-state index contributed by atoms with van der Waals surface area (Å²) in [5.74, 6) is 0.607. The number of fused-ring (bicyclic) bond motifs is 8. The van der Waals surface area contributed by atoms with Crippen LogP contribution in [0.4, 0.5) is 0 Å². The molecular weight excluding hydrogens is 550 g/mol. The molecule has 214 valence electrons. The van der Waals surface area contributed by atoms with Gasteiger partial charge >= 0.3 is 0 Å². The first-order valence-corrected chi connectivity index (χ1v) is 15.8. The molecule has 5 aromatic carbocycles. The van der Waals surface area contributed by atoms with Gasteiger partial charge < -0.3 is 4.42 Å². The van der Waals surface area contributed by atoms with Crippen molar-refractivity contribution >= 4 is 22.1 Å². The van der Waals surface area contributed by atoms with Crippen LogP contribution in [-0.2, 0) is 5.41 Å². The van der Waals surface area contributed by atoms with Crippen molar-refractivity contribution in [1.82, 2.24) is 9.97 Å². The number of hydrogen-bond donors (Lipinski definition) is 0. The van der Waals surface area contributed by atoms with Crippen molar-refractivity contribution in [2.24, 2.45) is 0 Å². The largest absolute Gasteiger partial charge is 0.452 e. The van der Waals surface area contributed by atoms with Crippen LogP contribution in [0.1, 0.15) is 48.8 Å². The summed E-state index contributed by atoms with van der Waals surface area (Å²) in [7, 11) is 0. The first-order valence-electron chi connectivity index (χ1n) is 15.8. The molecule has 2 aromatic heterocycles. The van der Waals surface area contributed by atoms with E-state index in [1.54, 1.807) is 12.1 Å². The molecule has 4 heteroatoms. The second kappa shape index (κ2) is 10.0. The normalized spacial score (nSPS) is 14.8. The van der Waals surface area contributed by atoms with Crippen molar-refractivity contribution in [3.8, 4) is 51.0 Å². The van der Waals surface area contributed by atoms with Gasteiger partial charge in [0.2, 0.25) is 0 Å². The van der Waals surface area contributed by atoms with Crippen LogP contribution < -0.4 is 0 Å². The summed E-state index contributed by atoms with van der Waals surface area (Å²) >= 11 is 0. The highest BCUT2D eigenvalue weighted by Crippen LogP contribution is 2.58. The standard InChI is InChI=1S/C41H29N3O/c42-25-26-15-17-29(18-16-26)40-43-37(39-38(44-40)33-10-3-5-14-35(33)45-39)28-21-19-27(20-22-28)30-11-8-12-32-31-9-2-4-13-34(31)41(36(30)32)23-6-1-7-24-41/h2-5,8-22H,1,6-7,23-24H2. The molecule has 2 aliphatic carbocycles. The van der Waals surface area contributed by atoms with E-state index in [-0.39, 0.29) is 5.41 Å². The van der Waals surface area contributed by atoms with Gasteiger partial charge in [-0.25, -0.2) is 9.97 Å². The van der Waals surface area contributed by atoms with Crippen molar-refractivity contribution < 1.29 is 4.42 Å². The summed E-state index contributed by atoms with van der Waals surface area (Å²) in [5, 5.41) is 10.3. The summed E-state index contributed by atoms with van der Waals surface area (Å²) in [6.07, 6.45) is 6.26. The lowest BCUT2D eigenvalue weighted by molar-refractivity contribution is 0.353. The van der Waals surface area contributed by atoms with Crippen molar-refractivity contribution in [1.29, 1.82) is 5.26 Å². The summed E-state index contributed by atoms with van der Waals surface area (Å²) in [4.78, 5) is 10.0. The van der Waals surface area contributed by atoms with Gasteiger partial charge in [-0.1, -0.05) is 98.1 Å². The second-order valence-corrected chi connectivity index (χ2v) is 12.4. The molecule has 7 aromatic rings. The fourth-order valence-corrected chi connectivity index (χ4v) is 7.89. The minimum Gasteiger partial charge on any atom is -0.452 e. The lowest BCUT2D eigenvalue weighted by Crippen LogP contribution is -2.28. The number of nitrogens with zero attached hydrogens (tertiary/aromatic N) is 3. The highest BCUT2D eigenvalue weighted by Gasteiger charge is 2.45. The molecule has 2 aliphatic rings. The first-order chi connectivity index (χ1) is 22.2. The average molecular weight is 580 g/mol. The molecule has 1 spiro atoms. The molecule has 9 rings (SSSR count). The third-order valence-corrected chi connectivity index (χ3v) is 9.94. The molecule has 4 nitrogen and oxygen atoms in total. The lowest BCUT2D eigenvalue weighted by atomic mass is 9.66. The number of hydrogen-bond acceptors (Lipinski definition) is 4. The second-order valence-electron chi connectivity index (χ2n) is 12.4. The molecule has 0 aliphatic heterocycles. The molecule has 0 N–H and O–H groups in total. The van der Waals surface area contributed by atoms with Crippen LogP contribution in [0.25, 0.3) is 67.0 Å². The molecule has 1 saturated carbocycles. The van der Waals surface area contributed by atoms with Crippen LogP contribution in [-0.4, -0.2) is 9.97 Å². The fourth-order valence-electron chi connectivity index (χ4n) is 7.89. The minimum absolute atomic E-state index is 0.0858. The molecule has 1 fully saturated rings. The number of rotatable bonds is 3. The maximum atomic E-state index is 9.30. The Morgan fingerprint density at radius 2 is 1.31 bits per heavy atom. The number of aromatic nitrogens is 2. The Hall–Kier alpha value is -5.53.